The van der Waals surface area contributed by atoms with E-state index in [0.29, 0.717) is 17.9 Å². The number of methoxy groups -OCH3 is 2. The molecule has 0 saturated heterocycles. The van der Waals surface area contributed by atoms with Crippen LogP contribution in [0.4, 0.5) is 16.2 Å². The Kier molecular flexibility index (Phi) is 11.9. The SMILES string of the molecule is CCNc1cc(OC)ccc1/C(C#N)=C/c1ccc(NC(=O)OCC)cc1.CCOC. The van der Waals surface area contributed by atoms with E-state index in [1.165, 1.54) is 0 Å². The predicted octanol–water partition coefficient (Wildman–Crippen LogP) is 5.41. The van der Waals surface area contributed by atoms with Gasteiger partial charge in [-0.3, -0.25) is 5.32 Å². The highest BCUT2D eigenvalue weighted by Crippen LogP contribution is 2.29. The van der Waals surface area contributed by atoms with Crippen LogP contribution in [0.3, 0.4) is 0 Å². The lowest BCUT2D eigenvalue weighted by atomic mass is 10.0. The zero-order valence-corrected chi connectivity index (χ0v) is 18.8. The lowest BCUT2D eigenvalue weighted by Crippen LogP contribution is -2.13. The molecule has 31 heavy (non-hydrogen) atoms. The summed E-state index contributed by atoms with van der Waals surface area (Å²) in [5.41, 5.74) is 3.64. The number of amides is 1. The molecule has 7 nitrogen and oxygen atoms in total. The van der Waals surface area contributed by atoms with Crippen molar-refractivity contribution < 1.29 is 19.0 Å². The van der Waals surface area contributed by atoms with Gasteiger partial charge < -0.3 is 19.5 Å². The van der Waals surface area contributed by atoms with E-state index in [9.17, 15) is 10.1 Å². The van der Waals surface area contributed by atoms with Crippen molar-refractivity contribution >= 4 is 29.1 Å². The van der Waals surface area contributed by atoms with E-state index in [1.807, 2.05) is 44.2 Å². The number of nitrogens with one attached hydrogen (secondary N) is 2. The molecule has 0 aliphatic rings. The van der Waals surface area contributed by atoms with Crippen molar-refractivity contribution in [2.45, 2.75) is 20.8 Å². The average Bonchev–Trinajstić information content (AvgIpc) is 2.79. The zero-order valence-electron chi connectivity index (χ0n) is 18.8. The third kappa shape index (κ3) is 8.81. The first kappa shape index (κ1) is 25.5. The van der Waals surface area contributed by atoms with Crippen molar-refractivity contribution in [3.63, 3.8) is 0 Å². The molecule has 0 aliphatic heterocycles. The Morgan fingerprint density at radius 1 is 1.06 bits per heavy atom. The van der Waals surface area contributed by atoms with Crippen molar-refractivity contribution in [1.82, 2.24) is 0 Å². The molecule has 2 aromatic carbocycles. The highest BCUT2D eigenvalue weighted by atomic mass is 16.5. The van der Waals surface area contributed by atoms with Gasteiger partial charge in [-0.15, -0.1) is 0 Å². The second-order valence-electron chi connectivity index (χ2n) is 6.16. The molecule has 0 fully saturated rings. The van der Waals surface area contributed by atoms with Gasteiger partial charge in [-0.1, -0.05) is 12.1 Å². The minimum absolute atomic E-state index is 0.314. The lowest BCUT2D eigenvalue weighted by molar-refractivity contribution is 0.168. The number of rotatable bonds is 8. The number of benzene rings is 2. The molecule has 2 N–H and O–H groups in total. The van der Waals surface area contributed by atoms with Gasteiger partial charge >= 0.3 is 6.09 Å². The molecule has 0 atom stereocenters. The first-order valence-electron chi connectivity index (χ1n) is 10.1. The predicted molar refractivity (Wildman–Crippen MR) is 125 cm³/mol. The summed E-state index contributed by atoms with van der Waals surface area (Å²) >= 11 is 0. The van der Waals surface area contributed by atoms with Crippen molar-refractivity contribution in [3.05, 3.63) is 53.6 Å². The maximum absolute atomic E-state index is 11.5. The monoisotopic (exact) mass is 425 g/mol. The number of nitriles is 1. The number of carbonyl (C=O) groups is 1. The first-order chi connectivity index (χ1) is 15.0. The molecule has 0 spiro atoms. The summed E-state index contributed by atoms with van der Waals surface area (Å²) in [6.45, 7) is 7.56. The van der Waals surface area contributed by atoms with E-state index in [0.717, 1.165) is 35.7 Å². The molecular formula is C24H31N3O4. The van der Waals surface area contributed by atoms with Gasteiger partial charge in [-0.05, 0) is 56.7 Å². The van der Waals surface area contributed by atoms with Crippen LogP contribution in [-0.4, -0.2) is 40.1 Å². The second-order valence-corrected chi connectivity index (χ2v) is 6.16. The van der Waals surface area contributed by atoms with E-state index in [-0.39, 0.29) is 0 Å². The Morgan fingerprint density at radius 2 is 1.74 bits per heavy atom. The second kappa shape index (κ2) is 14.5. The molecule has 1 amide bonds. The smallest absolute Gasteiger partial charge is 0.411 e. The summed E-state index contributed by atoms with van der Waals surface area (Å²) in [6.07, 6.45) is 1.31. The van der Waals surface area contributed by atoms with Gasteiger partial charge in [0.1, 0.15) is 5.75 Å². The Hall–Kier alpha value is -3.50. The van der Waals surface area contributed by atoms with Crippen LogP contribution in [-0.2, 0) is 9.47 Å². The molecule has 166 valence electrons. The van der Waals surface area contributed by atoms with Gasteiger partial charge in [0.2, 0.25) is 0 Å². The quantitative estimate of drug-likeness (QED) is 0.434. The normalized spacial score (nSPS) is 10.3. The minimum Gasteiger partial charge on any atom is -0.497 e. The summed E-state index contributed by atoms with van der Waals surface area (Å²) < 4.78 is 14.7. The number of hydrogen-bond acceptors (Lipinski definition) is 6. The third-order valence-electron chi connectivity index (χ3n) is 4.04. The third-order valence-corrected chi connectivity index (χ3v) is 4.04. The molecule has 7 heteroatoms. The van der Waals surface area contributed by atoms with E-state index in [2.05, 4.69) is 21.4 Å². The van der Waals surface area contributed by atoms with Crippen LogP contribution in [0.25, 0.3) is 11.6 Å². The molecule has 0 radical (unpaired) electrons. The maximum Gasteiger partial charge on any atom is 0.411 e. The van der Waals surface area contributed by atoms with E-state index in [4.69, 9.17) is 9.47 Å². The molecule has 0 unspecified atom stereocenters. The fourth-order valence-corrected chi connectivity index (χ4v) is 2.51. The van der Waals surface area contributed by atoms with Gasteiger partial charge in [0.05, 0.1) is 25.4 Å². The molecule has 0 heterocycles. The molecule has 0 aromatic heterocycles. The van der Waals surface area contributed by atoms with Crippen LogP contribution in [0.1, 0.15) is 31.9 Å². The van der Waals surface area contributed by atoms with Crippen molar-refractivity contribution in [3.8, 4) is 11.8 Å². The van der Waals surface area contributed by atoms with Crippen LogP contribution in [0.15, 0.2) is 42.5 Å². The van der Waals surface area contributed by atoms with Crippen LogP contribution in [0.5, 0.6) is 5.75 Å². The van der Waals surface area contributed by atoms with Gasteiger partial charge in [-0.25, -0.2) is 4.79 Å². The minimum atomic E-state index is -0.493. The number of anilines is 2. The topological polar surface area (TPSA) is 92.6 Å². The summed E-state index contributed by atoms with van der Waals surface area (Å²) in [6, 6.07) is 15.0. The van der Waals surface area contributed by atoms with Gasteiger partial charge in [0, 0.05) is 43.3 Å². The zero-order chi connectivity index (χ0) is 23.1. The Morgan fingerprint density at radius 3 is 2.26 bits per heavy atom. The number of ether oxygens (including phenoxy) is 3. The first-order valence-corrected chi connectivity index (χ1v) is 10.1. The average molecular weight is 426 g/mol. The van der Waals surface area contributed by atoms with Gasteiger partial charge in [0.15, 0.2) is 0 Å². The van der Waals surface area contributed by atoms with Crippen molar-refractivity contribution in [2.24, 2.45) is 0 Å². The highest BCUT2D eigenvalue weighted by molar-refractivity contribution is 5.94. The molecule has 0 bridgehead atoms. The summed E-state index contributed by atoms with van der Waals surface area (Å²) in [5.74, 6) is 0.724. The van der Waals surface area contributed by atoms with E-state index in [1.54, 1.807) is 39.4 Å². The lowest BCUT2D eigenvalue weighted by Gasteiger charge is -2.12. The molecule has 0 saturated carbocycles. The Balaban J connectivity index is 0.00000110. The van der Waals surface area contributed by atoms with Crippen molar-refractivity contribution in [2.75, 3.05) is 44.6 Å². The van der Waals surface area contributed by atoms with Crippen molar-refractivity contribution in [1.29, 1.82) is 5.26 Å². The van der Waals surface area contributed by atoms with E-state index < -0.39 is 6.09 Å². The number of hydrogen-bond donors (Lipinski definition) is 2. The summed E-state index contributed by atoms with van der Waals surface area (Å²) in [7, 11) is 3.29. The number of nitrogens with zero attached hydrogens (tertiary/aromatic N) is 1. The molecule has 0 aliphatic carbocycles. The van der Waals surface area contributed by atoms with Crippen LogP contribution in [0.2, 0.25) is 0 Å². The largest absolute Gasteiger partial charge is 0.497 e. The molecule has 2 aromatic rings. The number of carbonyl (C=O) groups excluding carboxylic acids is 1. The van der Waals surface area contributed by atoms with Crippen LogP contribution in [0, 0.1) is 11.3 Å². The standard InChI is InChI=1S/C21H23N3O3.C3H8O/c1-4-23-20-13-18(26-3)10-11-19(20)16(14-22)12-15-6-8-17(9-7-15)24-21(25)27-5-2;1-3-4-2/h6-13,23H,4-5H2,1-3H3,(H,24,25);3H2,1-2H3/b16-12+;. The fraction of sp³-hybridized carbons (Fsp3) is 0.333. The Labute approximate surface area is 184 Å². The van der Waals surface area contributed by atoms with E-state index >= 15 is 0 Å². The summed E-state index contributed by atoms with van der Waals surface area (Å²) in [4.78, 5) is 11.5. The summed E-state index contributed by atoms with van der Waals surface area (Å²) in [5, 5.41) is 15.5. The number of allylic oxidation sites excluding steroid dienone is 1. The molecular weight excluding hydrogens is 394 g/mol. The van der Waals surface area contributed by atoms with Crippen LogP contribution < -0.4 is 15.4 Å². The highest BCUT2D eigenvalue weighted by Gasteiger charge is 2.09. The van der Waals surface area contributed by atoms with Gasteiger partial charge in [0.25, 0.3) is 0 Å². The fourth-order valence-electron chi connectivity index (χ4n) is 2.51. The van der Waals surface area contributed by atoms with Crippen LogP contribution >= 0.6 is 0 Å². The van der Waals surface area contributed by atoms with Gasteiger partial charge in [-0.2, -0.15) is 5.26 Å². The molecule has 2 rings (SSSR count). The Bertz CT molecular complexity index is 885. The maximum atomic E-state index is 11.5.